The number of carbonyl (C=O) groups excluding carboxylic acids is 1. The van der Waals surface area contributed by atoms with E-state index in [0.717, 1.165) is 25.8 Å². The second-order valence-electron chi connectivity index (χ2n) is 3.10. The van der Waals surface area contributed by atoms with Crippen molar-refractivity contribution in [2.75, 3.05) is 6.54 Å². The third-order valence-electron chi connectivity index (χ3n) is 2.13. The highest BCUT2D eigenvalue weighted by atomic mass is 35.5. The van der Waals surface area contributed by atoms with E-state index in [4.69, 9.17) is 23.2 Å². The Bertz CT molecular complexity index is 174. The van der Waals surface area contributed by atoms with Crippen LogP contribution in [0.3, 0.4) is 0 Å². The maximum Gasteiger partial charge on any atom is 0.220 e. The summed E-state index contributed by atoms with van der Waals surface area (Å²) in [4.78, 5) is 12.7. The summed E-state index contributed by atoms with van der Waals surface area (Å²) < 4.78 is 0. The molecule has 1 saturated heterocycles. The van der Waals surface area contributed by atoms with Gasteiger partial charge >= 0.3 is 0 Å². The molecular formula is C8H13Cl2NO. The molecular weight excluding hydrogens is 197 g/mol. The fourth-order valence-electron chi connectivity index (χ4n) is 1.41. The third-order valence-corrected chi connectivity index (χ3v) is 3.26. The summed E-state index contributed by atoms with van der Waals surface area (Å²) in [6.07, 6.45) is 2.96. The van der Waals surface area contributed by atoms with Crippen molar-refractivity contribution in [3.05, 3.63) is 0 Å². The SMILES string of the molecule is CC(=O)N1CCCCC(Cl)C1Cl. The Morgan fingerprint density at radius 3 is 2.67 bits per heavy atom. The van der Waals surface area contributed by atoms with Crippen LogP contribution in [0.2, 0.25) is 0 Å². The molecule has 1 fully saturated rings. The molecule has 0 N–H and O–H groups in total. The molecule has 1 heterocycles. The molecule has 0 bridgehead atoms. The van der Waals surface area contributed by atoms with Gasteiger partial charge < -0.3 is 4.90 Å². The van der Waals surface area contributed by atoms with Crippen molar-refractivity contribution in [2.45, 2.75) is 37.1 Å². The van der Waals surface area contributed by atoms with E-state index in [2.05, 4.69) is 0 Å². The summed E-state index contributed by atoms with van der Waals surface area (Å²) >= 11 is 12.0. The average Bonchev–Trinajstić information content (AvgIpc) is 2.15. The number of halogens is 2. The van der Waals surface area contributed by atoms with Crippen LogP contribution in [-0.4, -0.2) is 28.2 Å². The highest BCUT2D eigenvalue weighted by molar-refractivity contribution is 6.30. The average molecular weight is 210 g/mol. The molecule has 0 saturated carbocycles. The molecule has 2 nitrogen and oxygen atoms in total. The number of amides is 1. The molecule has 1 aliphatic rings. The summed E-state index contributed by atoms with van der Waals surface area (Å²) in [5.41, 5.74) is -0.327. The van der Waals surface area contributed by atoms with Crippen molar-refractivity contribution >= 4 is 29.1 Å². The minimum atomic E-state index is -0.327. The Kier molecular flexibility index (Phi) is 3.66. The lowest BCUT2D eigenvalue weighted by Crippen LogP contribution is -2.39. The molecule has 4 heteroatoms. The smallest absolute Gasteiger partial charge is 0.220 e. The van der Waals surface area contributed by atoms with Gasteiger partial charge in [0, 0.05) is 13.5 Å². The molecule has 0 spiro atoms. The summed E-state index contributed by atoms with van der Waals surface area (Å²) in [6.45, 7) is 2.27. The molecule has 0 aromatic rings. The highest BCUT2D eigenvalue weighted by Gasteiger charge is 2.27. The van der Waals surface area contributed by atoms with Gasteiger partial charge in [0.05, 0.1) is 5.38 Å². The zero-order valence-corrected chi connectivity index (χ0v) is 8.61. The lowest BCUT2D eigenvalue weighted by atomic mass is 10.2. The standard InChI is InChI=1S/C8H13Cl2NO/c1-6(12)11-5-3-2-4-7(9)8(11)10/h7-8H,2-5H2,1H3. The number of rotatable bonds is 0. The van der Waals surface area contributed by atoms with Crippen molar-refractivity contribution in [1.82, 2.24) is 4.90 Å². The lowest BCUT2D eigenvalue weighted by Gasteiger charge is -2.26. The Morgan fingerprint density at radius 1 is 1.42 bits per heavy atom. The third kappa shape index (κ3) is 2.27. The van der Waals surface area contributed by atoms with Crippen LogP contribution in [0, 0.1) is 0 Å². The predicted octanol–water partition coefficient (Wildman–Crippen LogP) is 2.19. The van der Waals surface area contributed by atoms with Crippen LogP contribution in [0.5, 0.6) is 0 Å². The first-order chi connectivity index (χ1) is 5.63. The molecule has 0 aliphatic carbocycles. The van der Waals surface area contributed by atoms with Gasteiger partial charge in [0.25, 0.3) is 0 Å². The van der Waals surface area contributed by atoms with E-state index in [1.165, 1.54) is 6.92 Å². The fraction of sp³-hybridized carbons (Fsp3) is 0.875. The van der Waals surface area contributed by atoms with Crippen molar-refractivity contribution in [1.29, 1.82) is 0 Å². The zero-order valence-electron chi connectivity index (χ0n) is 7.09. The Balaban J connectivity index is 2.64. The first-order valence-corrected chi connectivity index (χ1v) is 5.05. The quantitative estimate of drug-likeness (QED) is 0.443. The van der Waals surface area contributed by atoms with Gasteiger partial charge in [0.1, 0.15) is 5.50 Å². The topological polar surface area (TPSA) is 20.3 Å². The van der Waals surface area contributed by atoms with Crippen molar-refractivity contribution < 1.29 is 4.79 Å². The Labute approximate surface area is 82.8 Å². The molecule has 1 aliphatic heterocycles. The van der Waals surface area contributed by atoms with Gasteiger partial charge in [-0.1, -0.05) is 18.0 Å². The normalized spacial score (nSPS) is 31.4. The summed E-state index contributed by atoms with van der Waals surface area (Å²) in [5.74, 6) is 0.0163. The zero-order chi connectivity index (χ0) is 9.14. The summed E-state index contributed by atoms with van der Waals surface area (Å²) in [6, 6.07) is 0. The molecule has 2 atom stereocenters. The first-order valence-electron chi connectivity index (χ1n) is 4.18. The minimum absolute atomic E-state index is 0.0163. The van der Waals surface area contributed by atoms with Gasteiger partial charge in [-0.3, -0.25) is 4.79 Å². The summed E-state index contributed by atoms with van der Waals surface area (Å²) in [5, 5.41) is -0.0990. The van der Waals surface area contributed by atoms with E-state index in [1.807, 2.05) is 0 Å². The number of alkyl halides is 2. The number of hydrogen-bond acceptors (Lipinski definition) is 1. The van der Waals surface area contributed by atoms with E-state index in [1.54, 1.807) is 4.90 Å². The van der Waals surface area contributed by atoms with Crippen molar-refractivity contribution in [3.63, 3.8) is 0 Å². The molecule has 0 radical (unpaired) electrons. The molecule has 0 aromatic carbocycles. The van der Waals surface area contributed by atoms with Gasteiger partial charge in [-0.25, -0.2) is 0 Å². The monoisotopic (exact) mass is 209 g/mol. The Morgan fingerprint density at radius 2 is 2.08 bits per heavy atom. The molecule has 70 valence electrons. The maximum absolute atomic E-state index is 11.1. The van der Waals surface area contributed by atoms with Crippen LogP contribution in [0.1, 0.15) is 26.2 Å². The van der Waals surface area contributed by atoms with Crippen molar-refractivity contribution in [2.24, 2.45) is 0 Å². The number of nitrogens with zero attached hydrogens (tertiary/aromatic N) is 1. The fourth-order valence-corrected chi connectivity index (χ4v) is 2.06. The molecule has 2 unspecified atom stereocenters. The highest BCUT2D eigenvalue weighted by Crippen LogP contribution is 2.24. The van der Waals surface area contributed by atoms with Gasteiger partial charge in [0.2, 0.25) is 5.91 Å². The first kappa shape index (κ1) is 10.1. The Hall–Kier alpha value is 0.0500. The van der Waals surface area contributed by atoms with E-state index >= 15 is 0 Å². The molecule has 1 amide bonds. The minimum Gasteiger partial charge on any atom is -0.325 e. The van der Waals surface area contributed by atoms with Gasteiger partial charge in [0.15, 0.2) is 0 Å². The predicted molar refractivity (Wildman–Crippen MR) is 50.5 cm³/mol. The largest absolute Gasteiger partial charge is 0.325 e. The molecule has 0 aromatic heterocycles. The van der Waals surface area contributed by atoms with Gasteiger partial charge in [-0.15, -0.1) is 11.6 Å². The van der Waals surface area contributed by atoms with E-state index < -0.39 is 0 Å². The van der Waals surface area contributed by atoms with E-state index in [-0.39, 0.29) is 16.8 Å². The molecule has 1 rings (SSSR count). The maximum atomic E-state index is 11.1. The van der Waals surface area contributed by atoms with Crippen LogP contribution < -0.4 is 0 Å². The number of carbonyl (C=O) groups is 1. The summed E-state index contributed by atoms with van der Waals surface area (Å²) in [7, 11) is 0. The van der Waals surface area contributed by atoms with Crippen molar-refractivity contribution in [3.8, 4) is 0 Å². The van der Waals surface area contributed by atoms with Crippen LogP contribution >= 0.6 is 23.2 Å². The lowest BCUT2D eigenvalue weighted by molar-refractivity contribution is -0.129. The number of hydrogen-bond donors (Lipinski definition) is 0. The van der Waals surface area contributed by atoms with E-state index in [9.17, 15) is 4.79 Å². The molecule has 12 heavy (non-hydrogen) atoms. The van der Waals surface area contributed by atoms with Crippen LogP contribution in [0.4, 0.5) is 0 Å². The van der Waals surface area contributed by atoms with Crippen LogP contribution in [0.15, 0.2) is 0 Å². The second-order valence-corrected chi connectivity index (χ2v) is 4.10. The van der Waals surface area contributed by atoms with Gasteiger partial charge in [-0.05, 0) is 12.8 Å². The number of likely N-dealkylation sites (tertiary alicyclic amines) is 1. The van der Waals surface area contributed by atoms with Gasteiger partial charge in [-0.2, -0.15) is 0 Å². The van der Waals surface area contributed by atoms with E-state index in [0.29, 0.717) is 0 Å². The van der Waals surface area contributed by atoms with Crippen LogP contribution in [-0.2, 0) is 4.79 Å². The second kappa shape index (κ2) is 4.33. The van der Waals surface area contributed by atoms with Crippen LogP contribution in [0.25, 0.3) is 0 Å².